The predicted molar refractivity (Wildman–Crippen MR) is 67.9 cm³/mol. The maximum atomic E-state index is 9.50. The molecular weight excluding hydrogens is 341 g/mol. The molecule has 0 saturated carbocycles. The Kier molecular flexibility index (Phi) is 5.43. The van der Waals surface area contributed by atoms with Gasteiger partial charge in [0.2, 0.25) is 0 Å². The minimum absolute atomic E-state index is 0. The van der Waals surface area contributed by atoms with Crippen LogP contribution < -0.4 is 28.7 Å². The molecule has 1 aliphatic heterocycles. The molecule has 1 fully saturated rings. The van der Waals surface area contributed by atoms with Crippen LogP contribution in [0.25, 0.3) is 0 Å². The van der Waals surface area contributed by atoms with Crippen LogP contribution in [0.4, 0.5) is 0 Å². The molecule has 1 N–H and O–H groups in total. The third-order valence-corrected chi connectivity index (χ3v) is 3.97. The van der Waals surface area contributed by atoms with Gasteiger partial charge in [0.05, 0.1) is 34.4 Å². The van der Waals surface area contributed by atoms with E-state index < -0.39 is 0 Å². The van der Waals surface area contributed by atoms with Gasteiger partial charge in [0, 0.05) is 17.9 Å². The number of hydrogen-bond acceptors (Lipinski definition) is 2. The Balaban J connectivity index is 0.00000162. The molecule has 0 bridgehead atoms. The summed E-state index contributed by atoms with van der Waals surface area (Å²) in [5.41, 5.74) is 1.30. The van der Waals surface area contributed by atoms with Gasteiger partial charge < -0.3 is 38.3 Å². The van der Waals surface area contributed by atoms with Crippen molar-refractivity contribution in [3.63, 3.8) is 0 Å². The van der Waals surface area contributed by atoms with Crippen molar-refractivity contribution in [2.45, 2.75) is 12.5 Å². The largest absolute Gasteiger partial charge is 1.00 e. The fourth-order valence-corrected chi connectivity index (χ4v) is 3.03. The van der Waals surface area contributed by atoms with Gasteiger partial charge in [0.15, 0.2) is 0 Å². The molecule has 18 heavy (non-hydrogen) atoms. The van der Waals surface area contributed by atoms with Crippen molar-refractivity contribution in [3.05, 3.63) is 29.8 Å². The van der Waals surface area contributed by atoms with E-state index in [1.165, 1.54) is 5.56 Å². The number of aliphatic hydroxyl groups is 1. The van der Waals surface area contributed by atoms with E-state index in [2.05, 4.69) is 26.2 Å². The SMILES string of the molecule is COc1ccc([C@H]2[C@H](CO)CC[N+]2(C)C)cc1.[I-]. The van der Waals surface area contributed by atoms with Crippen molar-refractivity contribution in [1.82, 2.24) is 0 Å². The Labute approximate surface area is 126 Å². The van der Waals surface area contributed by atoms with Gasteiger partial charge in [-0.3, -0.25) is 0 Å². The third kappa shape index (κ3) is 2.97. The molecule has 2 atom stereocenters. The molecule has 0 unspecified atom stereocenters. The first-order valence-electron chi connectivity index (χ1n) is 6.16. The number of likely N-dealkylation sites (tertiary alicyclic amines) is 1. The van der Waals surface area contributed by atoms with Gasteiger partial charge in [-0.15, -0.1) is 0 Å². The lowest BCUT2D eigenvalue weighted by molar-refractivity contribution is -0.910. The first-order valence-corrected chi connectivity index (χ1v) is 6.16. The molecule has 1 aromatic rings. The van der Waals surface area contributed by atoms with Gasteiger partial charge in [-0.1, -0.05) is 0 Å². The summed E-state index contributed by atoms with van der Waals surface area (Å²) in [7, 11) is 6.16. The number of ether oxygens (including phenoxy) is 1. The van der Waals surface area contributed by atoms with Crippen molar-refractivity contribution in [1.29, 1.82) is 0 Å². The lowest BCUT2D eigenvalue weighted by Crippen LogP contribution is -3.00. The first-order chi connectivity index (χ1) is 8.08. The summed E-state index contributed by atoms with van der Waals surface area (Å²) in [5.74, 6) is 1.26. The van der Waals surface area contributed by atoms with E-state index >= 15 is 0 Å². The van der Waals surface area contributed by atoms with E-state index in [0.717, 1.165) is 23.2 Å². The quantitative estimate of drug-likeness (QED) is 0.542. The molecule has 4 heteroatoms. The lowest BCUT2D eigenvalue weighted by atomic mass is 9.94. The van der Waals surface area contributed by atoms with Gasteiger partial charge >= 0.3 is 0 Å². The summed E-state index contributed by atoms with van der Waals surface area (Å²) >= 11 is 0. The summed E-state index contributed by atoms with van der Waals surface area (Å²) < 4.78 is 6.14. The number of rotatable bonds is 3. The van der Waals surface area contributed by atoms with Crippen molar-refractivity contribution in [3.8, 4) is 5.75 Å². The number of benzene rings is 1. The molecule has 0 radical (unpaired) electrons. The molecule has 0 amide bonds. The molecule has 0 aliphatic carbocycles. The van der Waals surface area contributed by atoms with Crippen LogP contribution in [-0.2, 0) is 0 Å². The van der Waals surface area contributed by atoms with Crippen LogP contribution in [0.3, 0.4) is 0 Å². The molecule has 0 spiro atoms. The summed E-state index contributed by atoms with van der Waals surface area (Å²) in [4.78, 5) is 0. The second-order valence-corrected chi connectivity index (χ2v) is 5.45. The number of aliphatic hydroxyl groups excluding tert-OH is 1. The summed E-state index contributed by atoms with van der Waals surface area (Å²) in [6, 6.07) is 8.64. The Hall–Kier alpha value is -0.330. The molecule has 1 heterocycles. The van der Waals surface area contributed by atoms with Crippen molar-refractivity contribution in [2.24, 2.45) is 5.92 Å². The zero-order valence-electron chi connectivity index (χ0n) is 11.3. The smallest absolute Gasteiger partial charge is 0.120 e. The van der Waals surface area contributed by atoms with Crippen LogP contribution in [0, 0.1) is 5.92 Å². The Morgan fingerprint density at radius 1 is 1.28 bits per heavy atom. The van der Waals surface area contributed by atoms with Gasteiger partial charge in [0.1, 0.15) is 11.8 Å². The van der Waals surface area contributed by atoms with E-state index in [-0.39, 0.29) is 30.6 Å². The molecule has 1 saturated heterocycles. The average Bonchev–Trinajstić information content (AvgIpc) is 2.64. The van der Waals surface area contributed by atoms with E-state index in [1.54, 1.807) is 7.11 Å². The molecule has 102 valence electrons. The number of hydrogen-bond donors (Lipinski definition) is 1. The van der Waals surface area contributed by atoms with Gasteiger partial charge in [0.25, 0.3) is 0 Å². The fraction of sp³-hybridized carbons (Fsp3) is 0.571. The normalized spacial score (nSPS) is 25.6. The number of quaternary nitrogens is 1. The van der Waals surface area contributed by atoms with Crippen LogP contribution in [-0.4, -0.2) is 43.9 Å². The predicted octanol–water partition coefficient (Wildman–Crippen LogP) is -1.17. The lowest BCUT2D eigenvalue weighted by Gasteiger charge is -2.34. The summed E-state index contributed by atoms with van der Waals surface area (Å²) in [6.45, 7) is 1.40. The Morgan fingerprint density at radius 3 is 2.39 bits per heavy atom. The van der Waals surface area contributed by atoms with Crippen molar-refractivity contribution in [2.75, 3.05) is 34.4 Å². The standard InChI is InChI=1S/C14H22NO2.HI/c1-15(2)9-8-12(10-16)14(15)11-4-6-13(17-3)7-5-11;/h4-7,12,14,16H,8-10H2,1-3H3;1H/q+1;/p-1/t12-,14-;/m0./s1. The topological polar surface area (TPSA) is 29.5 Å². The van der Waals surface area contributed by atoms with Crippen molar-refractivity contribution >= 4 is 0 Å². The van der Waals surface area contributed by atoms with Gasteiger partial charge in [-0.25, -0.2) is 0 Å². The Bertz CT molecular complexity index is 378. The summed E-state index contributed by atoms with van der Waals surface area (Å²) in [6.07, 6.45) is 1.10. The molecule has 1 aliphatic rings. The highest BCUT2D eigenvalue weighted by atomic mass is 127. The monoisotopic (exact) mass is 363 g/mol. The van der Waals surface area contributed by atoms with Crippen LogP contribution in [0.2, 0.25) is 0 Å². The second-order valence-electron chi connectivity index (χ2n) is 5.45. The van der Waals surface area contributed by atoms with E-state index in [9.17, 15) is 5.11 Å². The first kappa shape index (κ1) is 15.7. The van der Waals surface area contributed by atoms with E-state index in [1.807, 2.05) is 12.1 Å². The fourth-order valence-electron chi connectivity index (χ4n) is 3.03. The zero-order chi connectivity index (χ0) is 12.5. The highest BCUT2D eigenvalue weighted by Gasteiger charge is 2.42. The maximum absolute atomic E-state index is 9.50. The van der Waals surface area contributed by atoms with Gasteiger partial charge in [-0.2, -0.15) is 0 Å². The van der Waals surface area contributed by atoms with Crippen LogP contribution in [0.15, 0.2) is 24.3 Å². The highest BCUT2D eigenvalue weighted by Crippen LogP contribution is 2.40. The molecule has 2 rings (SSSR count). The number of nitrogens with zero attached hydrogens (tertiary/aromatic N) is 1. The highest BCUT2D eigenvalue weighted by molar-refractivity contribution is 5.29. The third-order valence-electron chi connectivity index (χ3n) is 3.97. The minimum atomic E-state index is 0. The van der Waals surface area contributed by atoms with E-state index in [4.69, 9.17) is 4.74 Å². The molecule has 1 aromatic carbocycles. The average molecular weight is 363 g/mol. The zero-order valence-corrected chi connectivity index (χ0v) is 13.4. The van der Waals surface area contributed by atoms with E-state index in [0.29, 0.717) is 12.0 Å². The maximum Gasteiger partial charge on any atom is 0.120 e. The summed E-state index contributed by atoms with van der Waals surface area (Å²) in [5, 5.41) is 9.50. The molecular formula is C14H22INO2. The Morgan fingerprint density at radius 2 is 1.89 bits per heavy atom. The molecule has 0 aromatic heterocycles. The second kappa shape index (κ2) is 6.21. The van der Waals surface area contributed by atoms with Crippen LogP contribution >= 0.6 is 0 Å². The molecule has 3 nitrogen and oxygen atoms in total. The van der Waals surface area contributed by atoms with Crippen molar-refractivity contribution < 1.29 is 38.3 Å². The van der Waals surface area contributed by atoms with Gasteiger partial charge in [-0.05, 0) is 24.3 Å². The number of halogens is 1. The minimum Gasteiger partial charge on any atom is -1.00 e. The van der Waals surface area contributed by atoms with Crippen LogP contribution in [0.1, 0.15) is 18.0 Å². The number of methoxy groups -OCH3 is 1. The van der Waals surface area contributed by atoms with Crippen LogP contribution in [0.5, 0.6) is 5.75 Å².